The number of aromatic carboxylic acids is 1. The Balaban J connectivity index is 1.27. The SMILES string of the molecule is CCN(CCO)CCNC(=O)[C@]12CCC[C@@H]1[C@H]1CCC3[C@@](C)([C@H](C)C[C@H]4C(C)(C)C(c5ccc(C(=O)O)cc5)=CC[C@]34C)[C@]1(C)CC2. The normalized spacial score (nSPS) is 40.4. The molecule has 1 aromatic rings. The molecule has 6 heteroatoms. The van der Waals surface area contributed by atoms with Crippen molar-refractivity contribution in [3.05, 3.63) is 41.5 Å². The summed E-state index contributed by atoms with van der Waals surface area (Å²) in [6, 6.07) is 7.55. The van der Waals surface area contributed by atoms with Crippen LogP contribution in [0.2, 0.25) is 0 Å². The number of nitrogens with zero attached hydrogens (tertiary/aromatic N) is 1. The van der Waals surface area contributed by atoms with Crippen LogP contribution >= 0.6 is 0 Å². The van der Waals surface area contributed by atoms with E-state index < -0.39 is 5.97 Å². The molecular formula is C41H62N2O4. The van der Waals surface area contributed by atoms with Crippen LogP contribution in [-0.4, -0.2) is 59.8 Å². The number of carboxylic acid groups (broad SMARTS) is 1. The van der Waals surface area contributed by atoms with E-state index in [2.05, 4.69) is 64.8 Å². The number of amides is 1. The van der Waals surface area contributed by atoms with E-state index in [1.807, 2.05) is 12.1 Å². The van der Waals surface area contributed by atoms with E-state index in [4.69, 9.17) is 0 Å². The van der Waals surface area contributed by atoms with E-state index in [1.165, 1.54) is 37.7 Å². The van der Waals surface area contributed by atoms with Crippen molar-refractivity contribution >= 4 is 17.4 Å². The number of fused-ring (bicyclic) bond motifs is 7. The Labute approximate surface area is 284 Å². The minimum absolute atomic E-state index is 0.0130. The Bertz CT molecular complexity index is 1390. The summed E-state index contributed by atoms with van der Waals surface area (Å²) >= 11 is 0. The summed E-state index contributed by atoms with van der Waals surface area (Å²) in [4.78, 5) is 27.9. The topological polar surface area (TPSA) is 89.9 Å². The first-order valence-electron chi connectivity index (χ1n) is 18.9. The molecule has 0 radical (unpaired) electrons. The highest BCUT2D eigenvalue weighted by Crippen LogP contribution is 2.78. The van der Waals surface area contributed by atoms with Crippen LogP contribution in [0.1, 0.15) is 122 Å². The highest BCUT2D eigenvalue weighted by molar-refractivity contribution is 5.88. The van der Waals surface area contributed by atoms with Gasteiger partial charge in [-0.05, 0) is 132 Å². The van der Waals surface area contributed by atoms with Gasteiger partial charge in [-0.25, -0.2) is 4.79 Å². The molecule has 0 saturated heterocycles. The number of carbonyl (C=O) groups excluding carboxylic acids is 1. The number of rotatable bonds is 9. The van der Waals surface area contributed by atoms with E-state index in [0.29, 0.717) is 54.1 Å². The molecule has 0 heterocycles. The second kappa shape index (κ2) is 12.3. The molecular weight excluding hydrogens is 584 g/mol. The van der Waals surface area contributed by atoms with Gasteiger partial charge in [0, 0.05) is 19.6 Å². The minimum Gasteiger partial charge on any atom is -0.478 e. The quantitative estimate of drug-likeness (QED) is 0.254. The number of carbonyl (C=O) groups is 2. The predicted octanol–water partition coefficient (Wildman–Crippen LogP) is 7.91. The second-order valence-electron chi connectivity index (χ2n) is 17.6. The zero-order chi connectivity index (χ0) is 34.0. The van der Waals surface area contributed by atoms with Crippen LogP contribution in [0, 0.1) is 56.7 Å². The highest BCUT2D eigenvalue weighted by atomic mass is 16.4. The number of aliphatic hydroxyl groups is 1. The molecule has 6 nitrogen and oxygen atoms in total. The fourth-order valence-electron chi connectivity index (χ4n) is 13.3. The number of hydrogen-bond acceptors (Lipinski definition) is 4. The third-order valence-electron chi connectivity index (χ3n) is 16.0. The zero-order valence-corrected chi connectivity index (χ0v) is 30.3. The lowest BCUT2D eigenvalue weighted by Crippen LogP contribution is -2.68. The average molecular weight is 647 g/mol. The molecule has 1 unspecified atom stereocenters. The number of aliphatic hydroxyl groups excluding tert-OH is 1. The maximum absolute atomic E-state index is 14.1. The zero-order valence-electron chi connectivity index (χ0n) is 30.3. The fraction of sp³-hybridized carbons (Fsp3) is 0.756. The number of nitrogens with one attached hydrogen (secondary N) is 1. The second-order valence-corrected chi connectivity index (χ2v) is 17.6. The Morgan fingerprint density at radius 1 is 0.936 bits per heavy atom. The lowest BCUT2D eigenvalue weighted by atomic mass is 9.31. The van der Waals surface area contributed by atoms with Gasteiger partial charge in [-0.1, -0.05) is 73.1 Å². The lowest BCUT2D eigenvalue weighted by Gasteiger charge is -2.74. The highest BCUT2D eigenvalue weighted by Gasteiger charge is 2.71. The van der Waals surface area contributed by atoms with Gasteiger partial charge in [-0.15, -0.1) is 0 Å². The molecule has 47 heavy (non-hydrogen) atoms. The Hall–Kier alpha value is -2.18. The molecule has 1 amide bonds. The van der Waals surface area contributed by atoms with Gasteiger partial charge in [0.05, 0.1) is 17.6 Å². The van der Waals surface area contributed by atoms with Gasteiger partial charge in [-0.3, -0.25) is 9.69 Å². The van der Waals surface area contributed by atoms with Crippen LogP contribution in [-0.2, 0) is 4.79 Å². The van der Waals surface area contributed by atoms with Crippen LogP contribution in [0.5, 0.6) is 0 Å². The third-order valence-corrected chi connectivity index (χ3v) is 16.0. The van der Waals surface area contributed by atoms with Crippen molar-refractivity contribution in [2.75, 3.05) is 32.8 Å². The summed E-state index contributed by atoms with van der Waals surface area (Å²) in [6.45, 7) is 20.7. The van der Waals surface area contributed by atoms with Crippen LogP contribution in [0.25, 0.3) is 5.57 Å². The molecule has 260 valence electrons. The van der Waals surface area contributed by atoms with Gasteiger partial charge in [-0.2, -0.15) is 0 Å². The van der Waals surface area contributed by atoms with Crippen LogP contribution in [0.4, 0.5) is 0 Å². The minimum atomic E-state index is -0.874. The van der Waals surface area contributed by atoms with E-state index in [1.54, 1.807) is 12.1 Å². The first-order valence-corrected chi connectivity index (χ1v) is 18.9. The summed E-state index contributed by atoms with van der Waals surface area (Å²) in [5, 5.41) is 22.3. The molecule has 5 aliphatic carbocycles. The van der Waals surface area contributed by atoms with Crippen LogP contribution in [0.3, 0.4) is 0 Å². The Kier molecular flexibility index (Phi) is 9.07. The molecule has 3 N–H and O–H groups in total. The molecule has 0 spiro atoms. The standard InChI is InChI=1S/C41H62N2O4/c1-8-43(24-25-44)23-22-42-36(47)41-18-9-10-32(41)31-15-16-33-38(5)19-17-30(28-11-13-29(14-12-28)35(45)46)37(3,4)34(38)26-27(2)40(33,7)39(31,6)20-21-41/h11-14,17,27,31-34,44H,8-10,15-16,18-26H2,1-7H3,(H,42,47)(H,45,46)/t27-,31-,32-,33?,34+,38-,39-,40-,41+/m1/s1. The van der Waals surface area contributed by atoms with E-state index >= 15 is 0 Å². The monoisotopic (exact) mass is 646 g/mol. The molecule has 0 aliphatic heterocycles. The van der Waals surface area contributed by atoms with Crippen molar-refractivity contribution in [2.45, 2.75) is 106 Å². The third kappa shape index (κ3) is 5.08. The largest absolute Gasteiger partial charge is 0.478 e. The Morgan fingerprint density at radius 3 is 2.32 bits per heavy atom. The number of carboxylic acids is 1. The number of allylic oxidation sites excluding steroid dienone is 2. The summed E-state index contributed by atoms with van der Waals surface area (Å²) < 4.78 is 0. The van der Waals surface area contributed by atoms with Gasteiger partial charge in [0.1, 0.15) is 0 Å². The molecule has 5 aliphatic rings. The summed E-state index contributed by atoms with van der Waals surface area (Å²) in [5.41, 5.74) is 3.28. The van der Waals surface area contributed by atoms with Gasteiger partial charge >= 0.3 is 5.97 Å². The first-order chi connectivity index (χ1) is 22.2. The van der Waals surface area contributed by atoms with E-state index in [0.717, 1.165) is 44.3 Å². The van der Waals surface area contributed by atoms with Crippen molar-refractivity contribution in [3.8, 4) is 0 Å². The molecule has 6 rings (SSSR count). The fourth-order valence-corrected chi connectivity index (χ4v) is 13.3. The smallest absolute Gasteiger partial charge is 0.335 e. The van der Waals surface area contributed by atoms with Crippen LogP contribution < -0.4 is 5.32 Å². The predicted molar refractivity (Wildman–Crippen MR) is 189 cm³/mol. The van der Waals surface area contributed by atoms with Crippen molar-refractivity contribution < 1.29 is 19.8 Å². The van der Waals surface area contributed by atoms with E-state index in [9.17, 15) is 19.8 Å². The lowest BCUT2D eigenvalue weighted by molar-refractivity contribution is -0.244. The molecule has 9 atom stereocenters. The maximum atomic E-state index is 14.1. The van der Waals surface area contributed by atoms with Gasteiger partial charge in [0.25, 0.3) is 0 Å². The average Bonchev–Trinajstić information content (AvgIpc) is 3.48. The molecule has 0 aromatic heterocycles. The Morgan fingerprint density at radius 2 is 1.66 bits per heavy atom. The molecule has 4 fully saturated rings. The molecule has 0 bridgehead atoms. The number of benzene rings is 1. The van der Waals surface area contributed by atoms with Crippen molar-refractivity contribution in [1.82, 2.24) is 10.2 Å². The van der Waals surface area contributed by atoms with Crippen LogP contribution in [0.15, 0.2) is 30.3 Å². The van der Waals surface area contributed by atoms with Gasteiger partial charge in [0.2, 0.25) is 5.91 Å². The van der Waals surface area contributed by atoms with E-state index in [-0.39, 0.29) is 33.7 Å². The maximum Gasteiger partial charge on any atom is 0.335 e. The van der Waals surface area contributed by atoms with Crippen molar-refractivity contribution in [3.63, 3.8) is 0 Å². The van der Waals surface area contributed by atoms with Crippen molar-refractivity contribution in [1.29, 1.82) is 0 Å². The summed E-state index contributed by atoms with van der Waals surface area (Å²) in [5.74, 6) is 2.26. The number of hydrogen-bond donors (Lipinski definition) is 3. The van der Waals surface area contributed by atoms with Gasteiger partial charge in [0.15, 0.2) is 0 Å². The summed E-state index contributed by atoms with van der Waals surface area (Å²) in [6.07, 6.45) is 12.8. The first kappa shape index (κ1) is 34.7. The summed E-state index contributed by atoms with van der Waals surface area (Å²) in [7, 11) is 0. The van der Waals surface area contributed by atoms with Gasteiger partial charge < -0.3 is 15.5 Å². The number of likely N-dealkylation sites (N-methyl/N-ethyl adjacent to an activating group) is 1. The van der Waals surface area contributed by atoms with Crippen molar-refractivity contribution in [2.24, 2.45) is 56.7 Å². The molecule has 4 saturated carbocycles. The molecule has 1 aromatic carbocycles.